The molecule has 8 nitrogen and oxygen atoms in total. The zero-order chi connectivity index (χ0) is 19.6. The van der Waals surface area contributed by atoms with Crippen LogP contribution in [-0.2, 0) is 23.8 Å². The molecule has 27 heavy (non-hydrogen) atoms. The maximum atomic E-state index is 11.5. The molecule has 3 rings (SSSR count). The number of ether oxygens (including phenoxy) is 3. The number of carbonyl (C=O) groups is 2. The van der Waals surface area contributed by atoms with Gasteiger partial charge in [-0.2, -0.15) is 5.10 Å². The molecular weight excluding hydrogens is 397 g/mol. The van der Waals surface area contributed by atoms with Crippen LogP contribution < -0.4 is 0 Å². The van der Waals surface area contributed by atoms with Gasteiger partial charge < -0.3 is 14.2 Å². The van der Waals surface area contributed by atoms with E-state index >= 15 is 0 Å². The van der Waals surface area contributed by atoms with E-state index in [2.05, 4.69) is 10.1 Å². The van der Waals surface area contributed by atoms with E-state index in [4.69, 9.17) is 37.4 Å². The summed E-state index contributed by atoms with van der Waals surface area (Å²) < 4.78 is 17.9. The molecule has 0 bridgehead atoms. The lowest BCUT2D eigenvalue weighted by atomic mass is 10.2. The first kappa shape index (κ1) is 19.9. The molecule has 0 aliphatic carbocycles. The zero-order valence-corrected chi connectivity index (χ0v) is 16.4. The Labute approximate surface area is 166 Å². The minimum atomic E-state index is -0.740. The molecule has 1 unspecified atom stereocenters. The van der Waals surface area contributed by atoms with Crippen molar-refractivity contribution in [2.75, 3.05) is 6.61 Å². The van der Waals surface area contributed by atoms with Crippen LogP contribution in [0, 0.1) is 0 Å². The maximum Gasteiger partial charge on any atom is 0.303 e. The Morgan fingerprint density at radius 3 is 2.81 bits per heavy atom. The molecule has 3 atom stereocenters. The average Bonchev–Trinajstić information content (AvgIpc) is 3.14. The first-order chi connectivity index (χ1) is 12.8. The molecular formula is C17H19Cl2N3O5. The van der Waals surface area contributed by atoms with Crippen molar-refractivity contribution in [3.05, 3.63) is 17.8 Å². The maximum absolute atomic E-state index is 11.5. The SMILES string of the molecule is CC(=O)OCC1C[C@@H](OC(C)=O)[C@H](n2ncc3c2/N=C(/Cl)CC/C=C\3Cl)O1. The van der Waals surface area contributed by atoms with E-state index in [1.54, 1.807) is 6.20 Å². The topological polar surface area (TPSA) is 92.0 Å². The number of halogens is 2. The van der Waals surface area contributed by atoms with Crippen molar-refractivity contribution >= 4 is 51.2 Å². The Bertz CT molecular complexity index is 804. The van der Waals surface area contributed by atoms with Crippen LogP contribution in [0.3, 0.4) is 0 Å². The van der Waals surface area contributed by atoms with E-state index in [0.29, 0.717) is 40.8 Å². The Balaban J connectivity index is 1.93. The van der Waals surface area contributed by atoms with Crippen LogP contribution in [0.2, 0.25) is 0 Å². The number of rotatable bonds is 4. The molecule has 0 aromatic carbocycles. The van der Waals surface area contributed by atoms with Gasteiger partial charge in [0, 0.05) is 31.7 Å². The van der Waals surface area contributed by atoms with Crippen molar-refractivity contribution in [2.24, 2.45) is 4.99 Å². The molecule has 1 aromatic rings. The zero-order valence-electron chi connectivity index (χ0n) is 14.9. The molecule has 1 saturated heterocycles. The quantitative estimate of drug-likeness (QED) is 0.700. The predicted molar refractivity (Wildman–Crippen MR) is 99.0 cm³/mol. The third-order valence-electron chi connectivity index (χ3n) is 4.10. The predicted octanol–water partition coefficient (Wildman–Crippen LogP) is 3.31. The number of hydrogen-bond donors (Lipinski definition) is 0. The summed E-state index contributed by atoms with van der Waals surface area (Å²) in [6, 6.07) is 0. The minimum absolute atomic E-state index is 0.0533. The van der Waals surface area contributed by atoms with Gasteiger partial charge in [-0.15, -0.1) is 0 Å². The van der Waals surface area contributed by atoms with E-state index < -0.39 is 30.4 Å². The summed E-state index contributed by atoms with van der Waals surface area (Å²) in [7, 11) is 0. The first-order valence-electron chi connectivity index (χ1n) is 8.47. The largest absolute Gasteiger partial charge is 0.463 e. The van der Waals surface area contributed by atoms with E-state index in [-0.39, 0.29) is 6.61 Å². The van der Waals surface area contributed by atoms with E-state index in [1.807, 2.05) is 6.08 Å². The van der Waals surface area contributed by atoms with Crippen molar-refractivity contribution in [2.45, 2.75) is 51.5 Å². The molecule has 3 heterocycles. The number of hydrogen-bond acceptors (Lipinski definition) is 7. The van der Waals surface area contributed by atoms with Crippen molar-refractivity contribution in [1.82, 2.24) is 9.78 Å². The molecule has 2 aliphatic heterocycles. The van der Waals surface area contributed by atoms with Crippen molar-refractivity contribution in [1.29, 1.82) is 0 Å². The van der Waals surface area contributed by atoms with Crippen LogP contribution in [0.5, 0.6) is 0 Å². The Hall–Kier alpha value is -1.90. The molecule has 1 fully saturated rings. The van der Waals surface area contributed by atoms with Gasteiger partial charge in [0.15, 0.2) is 18.1 Å². The second kappa shape index (κ2) is 8.41. The summed E-state index contributed by atoms with van der Waals surface area (Å²) in [5, 5.41) is 5.27. The smallest absolute Gasteiger partial charge is 0.303 e. The van der Waals surface area contributed by atoms with Gasteiger partial charge in [0.25, 0.3) is 0 Å². The number of esters is 2. The van der Waals surface area contributed by atoms with Gasteiger partial charge in [-0.25, -0.2) is 9.67 Å². The van der Waals surface area contributed by atoms with Crippen molar-refractivity contribution < 1.29 is 23.8 Å². The molecule has 0 spiro atoms. The standard InChI is InChI=1S/C17H19Cl2N3O5/c1-9(23)25-8-11-6-14(26-10(2)24)17(27-11)22-16-12(7-20-22)13(18)4-3-5-15(19)21-16/h4,7,11,14,17H,3,5-6,8H2,1-2H3/b13-4+,21-15+/t11?,14-,17-/m1/s1. The van der Waals surface area contributed by atoms with Crippen molar-refractivity contribution in [3.8, 4) is 0 Å². The van der Waals surface area contributed by atoms with Gasteiger partial charge >= 0.3 is 11.9 Å². The fraction of sp³-hybridized carbons (Fsp3) is 0.529. The highest BCUT2D eigenvalue weighted by atomic mass is 35.5. The highest BCUT2D eigenvalue weighted by Gasteiger charge is 2.41. The fourth-order valence-electron chi connectivity index (χ4n) is 2.99. The van der Waals surface area contributed by atoms with Gasteiger partial charge in [-0.3, -0.25) is 9.59 Å². The summed E-state index contributed by atoms with van der Waals surface area (Å²) in [4.78, 5) is 27.0. The molecule has 1 aromatic heterocycles. The number of aliphatic imine (C=N–C) groups is 1. The lowest BCUT2D eigenvalue weighted by Gasteiger charge is -2.20. The molecule has 146 valence electrons. The average molecular weight is 416 g/mol. The number of fused-ring (bicyclic) bond motifs is 1. The van der Waals surface area contributed by atoms with Crippen LogP contribution in [0.15, 0.2) is 17.3 Å². The Kier molecular flexibility index (Phi) is 6.18. The Morgan fingerprint density at radius 2 is 2.11 bits per heavy atom. The lowest BCUT2D eigenvalue weighted by Crippen LogP contribution is -2.25. The summed E-state index contributed by atoms with van der Waals surface area (Å²) in [6.45, 7) is 2.69. The number of allylic oxidation sites excluding steroid dienone is 1. The van der Waals surface area contributed by atoms with Crippen LogP contribution in [0.25, 0.3) is 5.03 Å². The molecule has 0 saturated carbocycles. The van der Waals surface area contributed by atoms with Gasteiger partial charge in [-0.1, -0.05) is 29.3 Å². The minimum Gasteiger partial charge on any atom is -0.463 e. The monoisotopic (exact) mass is 415 g/mol. The van der Waals surface area contributed by atoms with Gasteiger partial charge in [0.2, 0.25) is 0 Å². The first-order valence-corrected chi connectivity index (χ1v) is 9.23. The summed E-state index contributed by atoms with van der Waals surface area (Å²) in [6.07, 6.45) is 3.20. The van der Waals surface area contributed by atoms with Crippen LogP contribution in [-0.4, -0.2) is 45.7 Å². The van der Waals surface area contributed by atoms with Gasteiger partial charge in [0.05, 0.1) is 17.9 Å². The van der Waals surface area contributed by atoms with Crippen molar-refractivity contribution in [3.63, 3.8) is 0 Å². The summed E-state index contributed by atoms with van der Waals surface area (Å²) in [5.74, 6) is -0.434. The van der Waals surface area contributed by atoms with E-state index in [9.17, 15) is 9.59 Å². The molecule has 10 heteroatoms. The van der Waals surface area contributed by atoms with Crippen LogP contribution >= 0.6 is 23.2 Å². The molecule has 2 aliphatic rings. The highest BCUT2D eigenvalue weighted by molar-refractivity contribution is 6.65. The summed E-state index contributed by atoms with van der Waals surface area (Å²) >= 11 is 12.5. The highest BCUT2D eigenvalue weighted by Crippen LogP contribution is 2.39. The number of aromatic nitrogens is 2. The lowest BCUT2D eigenvalue weighted by molar-refractivity contribution is -0.153. The number of carbonyl (C=O) groups excluding carboxylic acids is 2. The van der Waals surface area contributed by atoms with E-state index in [0.717, 1.165) is 0 Å². The molecule has 0 radical (unpaired) electrons. The normalized spacial score (nSPS) is 28.8. The van der Waals surface area contributed by atoms with Gasteiger partial charge in [0.1, 0.15) is 11.8 Å². The Morgan fingerprint density at radius 1 is 1.33 bits per heavy atom. The van der Waals surface area contributed by atoms with Gasteiger partial charge in [-0.05, 0) is 6.42 Å². The second-order valence-electron chi connectivity index (χ2n) is 6.24. The molecule has 0 amide bonds. The number of nitrogens with zero attached hydrogens (tertiary/aromatic N) is 3. The second-order valence-corrected chi connectivity index (χ2v) is 7.08. The van der Waals surface area contributed by atoms with Crippen LogP contribution in [0.1, 0.15) is 44.9 Å². The summed E-state index contributed by atoms with van der Waals surface area (Å²) in [5.41, 5.74) is 0.614. The molecule has 0 N–H and O–H groups in total. The van der Waals surface area contributed by atoms with Crippen LogP contribution in [0.4, 0.5) is 5.82 Å². The third kappa shape index (κ3) is 4.69. The van der Waals surface area contributed by atoms with E-state index in [1.165, 1.54) is 18.5 Å². The third-order valence-corrected chi connectivity index (χ3v) is 4.74. The fourth-order valence-corrected chi connectivity index (χ4v) is 3.42.